The fourth-order valence-electron chi connectivity index (χ4n) is 3.53. The number of amides is 1. The first-order valence-corrected chi connectivity index (χ1v) is 9.15. The van der Waals surface area contributed by atoms with E-state index in [4.69, 9.17) is 15.2 Å². The summed E-state index contributed by atoms with van der Waals surface area (Å²) in [6, 6.07) is 10.4. The zero-order valence-corrected chi connectivity index (χ0v) is 16.6. The van der Waals surface area contributed by atoms with Crippen molar-refractivity contribution in [3.8, 4) is 22.9 Å². The number of aromatic nitrogens is 3. The zero-order valence-electron chi connectivity index (χ0n) is 16.6. The molecule has 1 atom stereocenters. The molecule has 8 nitrogen and oxygen atoms in total. The van der Waals surface area contributed by atoms with Gasteiger partial charge in [-0.15, -0.1) is 5.10 Å². The number of nitrogens with zero attached hydrogens (tertiary/aromatic N) is 3. The highest BCUT2D eigenvalue weighted by atomic mass is 19.1. The molecule has 0 spiro atoms. The van der Waals surface area contributed by atoms with Crippen LogP contribution < -0.4 is 20.5 Å². The first-order chi connectivity index (χ1) is 14.4. The van der Waals surface area contributed by atoms with Crippen LogP contribution in [0.1, 0.15) is 18.5 Å². The quantitative estimate of drug-likeness (QED) is 0.672. The van der Waals surface area contributed by atoms with Gasteiger partial charge in [0, 0.05) is 16.8 Å². The van der Waals surface area contributed by atoms with Crippen molar-refractivity contribution in [2.24, 2.45) is 5.73 Å². The molecule has 1 aliphatic heterocycles. The van der Waals surface area contributed by atoms with Gasteiger partial charge in [0.2, 0.25) is 11.9 Å². The Hall–Kier alpha value is -3.88. The van der Waals surface area contributed by atoms with Gasteiger partial charge in [-0.2, -0.15) is 4.98 Å². The van der Waals surface area contributed by atoms with Crippen molar-refractivity contribution in [3.05, 3.63) is 65.1 Å². The third kappa shape index (κ3) is 3.24. The van der Waals surface area contributed by atoms with Gasteiger partial charge in [0.1, 0.15) is 23.4 Å². The lowest BCUT2D eigenvalue weighted by Gasteiger charge is -2.28. The van der Waals surface area contributed by atoms with Crippen molar-refractivity contribution in [3.63, 3.8) is 0 Å². The molecular weight excluding hydrogens is 389 g/mol. The molecule has 1 aromatic heterocycles. The second kappa shape index (κ2) is 7.51. The van der Waals surface area contributed by atoms with E-state index in [1.54, 1.807) is 56.2 Å². The molecule has 0 aliphatic carbocycles. The van der Waals surface area contributed by atoms with E-state index in [1.165, 1.54) is 12.1 Å². The molecule has 0 fully saturated rings. The molecule has 1 unspecified atom stereocenters. The van der Waals surface area contributed by atoms with Gasteiger partial charge >= 0.3 is 0 Å². The van der Waals surface area contributed by atoms with Crippen LogP contribution in [0.25, 0.3) is 11.4 Å². The zero-order chi connectivity index (χ0) is 21.4. The first-order valence-electron chi connectivity index (χ1n) is 9.15. The molecule has 3 N–H and O–H groups in total. The minimum absolute atomic E-state index is 0.324. The summed E-state index contributed by atoms with van der Waals surface area (Å²) in [5.74, 6) is 0.979. The van der Waals surface area contributed by atoms with Crippen molar-refractivity contribution < 1.29 is 18.7 Å². The Morgan fingerprint density at radius 2 is 1.90 bits per heavy atom. The number of anilines is 1. The average Bonchev–Trinajstić information content (AvgIpc) is 3.16. The second-order valence-electron chi connectivity index (χ2n) is 6.75. The standard InChI is InChI=1S/C21H20FN5O3/c1-11-17(19(23)28)18(15-10-14(29-2)8-9-16(15)30-3)27-21(24-11)25-20(26-27)12-4-6-13(22)7-5-12/h4-10,18H,1-3H3,(H2,23,28)(H,24,25,26). The third-order valence-corrected chi connectivity index (χ3v) is 4.95. The van der Waals surface area contributed by atoms with E-state index in [0.717, 1.165) is 0 Å². The molecule has 30 heavy (non-hydrogen) atoms. The SMILES string of the molecule is COc1ccc(OC)c(C2C(C(N)=O)=C(C)Nc3nc(-c4ccc(F)cc4)nn32)c1. The molecule has 2 heterocycles. The number of hydrogen-bond acceptors (Lipinski definition) is 6. The van der Waals surface area contributed by atoms with Crippen LogP contribution in [0, 0.1) is 5.82 Å². The van der Waals surface area contributed by atoms with E-state index in [1.807, 2.05) is 0 Å². The number of nitrogens with two attached hydrogens (primary N) is 1. The summed E-state index contributed by atoms with van der Waals surface area (Å²) in [4.78, 5) is 16.9. The van der Waals surface area contributed by atoms with Crippen LogP contribution in [0.15, 0.2) is 53.7 Å². The summed E-state index contributed by atoms with van der Waals surface area (Å²) < 4.78 is 25.8. The molecule has 1 amide bonds. The lowest BCUT2D eigenvalue weighted by Crippen LogP contribution is -2.32. The van der Waals surface area contributed by atoms with E-state index >= 15 is 0 Å². The predicted molar refractivity (Wildman–Crippen MR) is 109 cm³/mol. The van der Waals surface area contributed by atoms with E-state index in [9.17, 15) is 9.18 Å². The smallest absolute Gasteiger partial charge is 0.248 e. The predicted octanol–water partition coefficient (Wildman–Crippen LogP) is 2.88. The molecule has 2 aromatic carbocycles. The van der Waals surface area contributed by atoms with Crippen LogP contribution in [-0.4, -0.2) is 34.9 Å². The third-order valence-electron chi connectivity index (χ3n) is 4.95. The number of benzene rings is 2. The number of rotatable bonds is 5. The summed E-state index contributed by atoms with van der Waals surface area (Å²) in [7, 11) is 3.09. The van der Waals surface area contributed by atoms with Crippen LogP contribution in [0.2, 0.25) is 0 Å². The van der Waals surface area contributed by atoms with Crippen molar-refractivity contribution in [1.82, 2.24) is 14.8 Å². The molecule has 9 heteroatoms. The molecule has 0 saturated carbocycles. The lowest BCUT2D eigenvalue weighted by molar-refractivity contribution is -0.115. The fraction of sp³-hybridized carbons (Fsp3) is 0.190. The number of hydrogen-bond donors (Lipinski definition) is 2. The minimum atomic E-state index is -0.689. The molecule has 0 saturated heterocycles. The minimum Gasteiger partial charge on any atom is -0.497 e. The van der Waals surface area contributed by atoms with Crippen LogP contribution in [0.3, 0.4) is 0 Å². The number of allylic oxidation sites excluding steroid dienone is 1. The Morgan fingerprint density at radius 3 is 2.53 bits per heavy atom. The number of carbonyl (C=O) groups is 1. The summed E-state index contributed by atoms with van der Waals surface area (Å²) in [6.45, 7) is 1.75. The van der Waals surface area contributed by atoms with Gasteiger partial charge in [0.25, 0.3) is 0 Å². The van der Waals surface area contributed by atoms with Gasteiger partial charge in [-0.25, -0.2) is 9.07 Å². The normalized spacial score (nSPS) is 15.4. The van der Waals surface area contributed by atoms with Crippen LogP contribution in [0.4, 0.5) is 10.3 Å². The molecule has 3 aromatic rings. The summed E-state index contributed by atoms with van der Waals surface area (Å²) in [5.41, 5.74) is 7.89. The van der Waals surface area contributed by atoms with Gasteiger partial charge in [-0.3, -0.25) is 4.79 Å². The van der Waals surface area contributed by atoms with Crippen molar-refractivity contribution in [2.45, 2.75) is 13.0 Å². The maximum Gasteiger partial charge on any atom is 0.248 e. The largest absolute Gasteiger partial charge is 0.497 e. The monoisotopic (exact) mass is 409 g/mol. The molecule has 1 aliphatic rings. The maximum atomic E-state index is 13.3. The highest BCUT2D eigenvalue weighted by Gasteiger charge is 2.35. The Labute approximate surface area is 172 Å². The number of halogens is 1. The molecule has 0 bridgehead atoms. The molecular formula is C21H20FN5O3. The van der Waals surface area contributed by atoms with Gasteiger partial charge < -0.3 is 20.5 Å². The summed E-state index contributed by atoms with van der Waals surface area (Å²) in [6.07, 6.45) is 0. The van der Waals surface area contributed by atoms with E-state index in [0.29, 0.717) is 45.7 Å². The number of ether oxygens (including phenoxy) is 2. The topological polar surface area (TPSA) is 104 Å². The van der Waals surface area contributed by atoms with Gasteiger partial charge in [-0.05, 0) is 49.4 Å². The van der Waals surface area contributed by atoms with Crippen LogP contribution in [-0.2, 0) is 4.79 Å². The highest BCUT2D eigenvalue weighted by Crippen LogP contribution is 2.41. The number of primary amides is 1. The van der Waals surface area contributed by atoms with Gasteiger partial charge in [-0.1, -0.05) is 0 Å². The Kier molecular flexibility index (Phi) is 4.86. The van der Waals surface area contributed by atoms with Crippen molar-refractivity contribution in [1.29, 1.82) is 0 Å². The molecule has 4 rings (SSSR count). The number of carbonyl (C=O) groups excluding carboxylic acids is 1. The molecule has 0 radical (unpaired) electrons. The van der Waals surface area contributed by atoms with Crippen molar-refractivity contribution in [2.75, 3.05) is 19.5 Å². The summed E-state index contributed by atoms with van der Waals surface area (Å²) >= 11 is 0. The summed E-state index contributed by atoms with van der Waals surface area (Å²) in [5, 5.41) is 7.67. The number of nitrogens with one attached hydrogen (secondary N) is 1. The Morgan fingerprint density at radius 1 is 1.17 bits per heavy atom. The van der Waals surface area contributed by atoms with Crippen LogP contribution >= 0.6 is 0 Å². The van der Waals surface area contributed by atoms with Gasteiger partial charge in [0.15, 0.2) is 5.82 Å². The van der Waals surface area contributed by atoms with Crippen molar-refractivity contribution >= 4 is 11.9 Å². The van der Waals surface area contributed by atoms with E-state index in [2.05, 4.69) is 15.4 Å². The first kappa shape index (κ1) is 19.4. The number of fused-ring (bicyclic) bond motifs is 1. The average molecular weight is 409 g/mol. The fourth-order valence-corrected chi connectivity index (χ4v) is 3.53. The lowest BCUT2D eigenvalue weighted by atomic mass is 9.94. The Balaban J connectivity index is 1.93. The highest BCUT2D eigenvalue weighted by molar-refractivity contribution is 5.95. The van der Waals surface area contributed by atoms with E-state index in [-0.39, 0.29) is 5.82 Å². The van der Waals surface area contributed by atoms with E-state index < -0.39 is 11.9 Å². The second-order valence-corrected chi connectivity index (χ2v) is 6.75. The Bertz CT molecular complexity index is 1150. The molecule has 154 valence electrons. The van der Waals surface area contributed by atoms with Crippen LogP contribution in [0.5, 0.6) is 11.5 Å². The number of methoxy groups -OCH3 is 2. The van der Waals surface area contributed by atoms with Gasteiger partial charge in [0.05, 0.1) is 19.8 Å². The maximum absolute atomic E-state index is 13.3.